The topological polar surface area (TPSA) is 49.7 Å². The lowest BCUT2D eigenvalue weighted by Gasteiger charge is -2.04. The van der Waals surface area contributed by atoms with Gasteiger partial charge in [-0.05, 0) is 23.8 Å². The van der Waals surface area contributed by atoms with Gasteiger partial charge in [0, 0.05) is 15.8 Å². The number of hydrogen-bond acceptors (Lipinski definition) is 4. The highest BCUT2D eigenvalue weighted by atomic mass is 32.1. The second-order valence-corrected chi connectivity index (χ2v) is 4.85. The minimum Gasteiger partial charge on any atom is -0.488 e. The molecule has 0 fully saturated rings. The van der Waals surface area contributed by atoms with Crippen molar-refractivity contribution >= 4 is 11.3 Å². The minimum atomic E-state index is -0.126. The van der Waals surface area contributed by atoms with Crippen LogP contribution in [0.5, 0.6) is 5.75 Å². The smallest absolute Gasteiger partial charge is 0.122 e. The summed E-state index contributed by atoms with van der Waals surface area (Å²) in [6.45, 7) is 0.404. The highest BCUT2D eigenvalue weighted by Crippen LogP contribution is 2.18. The van der Waals surface area contributed by atoms with Gasteiger partial charge in [-0.15, -0.1) is 11.3 Å². The number of hydrogen-bond donors (Lipinski definition) is 2. The number of ether oxygens (including phenoxy) is 1. The molecule has 2 aromatic rings. The van der Waals surface area contributed by atoms with Crippen LogP contribution in [0.2, 0.25) is 0 Å². The SMILES string of the molecule is OCC#Cc1csc(COc2ccc(CO)cc2)c1. The zero-order chi connectivity index (χ0) is 13.5. The summed E-state index contributed by atoms with van der Waals surface area (Å²) in [6.07, 6.45) is 0. The van der Waals surface area contributed by atoms with E-state index in [4.69, 9.17) is 14.9 Å². The first-order valence-corrected chi connectivity index (χ1v) is 6.69. The van der Waals surface area contributed by atoms with E-state index >= 15 is 0 Å². The van der Waals surface area contributed by atoms with E-state index in [2.05, 4.69) is 11.8 Å². The summed E-state index contributed by atoms with van der Waals surface area (Å²) < 4.78 is 5.64. The van der Waals surface area contributed by atoms with Crippen molar-refractivity contribution in [3.8, 4) is 17.6 Å². The molecule has 4 heteroatoms. The Morgan fingerprint density at radius 1 is 1.16 bits per heavy atom. The van der Waals surface area contributed by atoms with Gasteiger partial charge < -0.3 is 14.9 Å². The van der Waals surface area contributed by atoms with Crippen LogP contribution in [0, 0.1) is 11.8 Å². The monoisotopic (exact) mass is 274 g/mol. The van der Waals surface area contributed by atoms with Crippen LogP contribution in [0.25, 0.3) is 0 Å². The fourth-order valence-electron chi connectivity index (χ4n) is 1.51. The van der Waals surface area contributed by atoms with Crippen molar-refractivity contribution in [3.63, 3.8) is 0 Å². The molecule has 2 rings (SSSR count). The Hall–Kier alpha value is -1.80. The van der Waals surface area contributed by atoms with Crippen molar-refractivity contribution in [2.75, 3.05) is 6.61 Å². The highest BCUT2D eigenvalue weighted by molar-refractivity contribution is 7.10. The van der Waals surface area contributed by atoms with Crippen LogP contribution < -0.4 is 4.74 Å². The third-order valence-corrected chi connectivity index (χ3v) is 3.36. The molecule has 98 valence electrons. The number of thiophene rings is 1. The molecule has 0 spiro atoms. The van der Waals surface area contributed by atoms with Gasteiger partial charge in [0.2, 0.25) is 0 Å². The maximum atomic E-state index is 8.94. The number of rotatable bonds is 4. The van der Waals surface area contributed by atoms with Gasteiger partial charge in [-0.2, -0.15) is 0 Å². The summed E-state index contributed by atoms with van der Waals surface area (Å²) >= 11 is 1.58. The molecule has 0 aliphatic carbocycles. The molecule has 0 radical (unpaired) electrons. The number of aliphatic hydroxyl groups excluding tert-OH is 2. The predicted molar refractivity (Wildman–Crippen MR) is 75.0 cm³/mol. The normalized spacial score (nSPS) is 9.79. The first-order chi connectivity index (χ1) is 9.31. The molecule has 0 amide bonds. The average molecular weight is 274 g/mol. The van der Waals surface area contributed by atoms with Crippen LogP contribution in [-0.4, -0.2) is 16.8 Å². The molecule has 2 N–H and O–H groups in total. The Morgan fingerprint density at radius 2 is 1.95 bits per heavy atom. The fourth-order valence-corrected chi connectivity index (χ4v) is 2.24. The summed E-state index contributed by atoms with van der Waals surface area (Å²) in [6, 6.07) is 9.30. The summed E-state index contributed by atoms with van der Waals surface area (Å²) in [5, 5.41) is 19.5. The molecular weight excluding hydrogens is 260 g/mol. The van der Waals surface area contributed by atoms with Gasteiger partial charge in [-0.1, -0.05) is 24.0 Å². The van der Waals surface area contributed by atoms with Gasteiger partial charge in [0.05, 0.1) is 6.61 Å². The van der Waals surface area contributed by atoms with Gasteiger partial charge in [0.25, 0.3) is 0 Å². The largest absolute Gasteiger partial charge is 0.488 e. The van der Waals surface area contributed by atoms with E-state index in [1.165, 1.54) is 0 Å². The van der Waals surface area contributed by atoms with Gasteiger partial charge in [-0.25, -0.2) is 0 Å². The molecule has 1 aromatic heterocycles. The van der Waals surface area contributed by atoms with E-state index in [1.54, 1.807) is 11.3 Å². The second-order valence-electron chi connectivity index (χ2n) is 3.85. The molecule has 0 aliphatic heterocycles. The van der Waals surface area contributed by atoms with Gasteiger partial charge in [0.1, 0.15) is 19.0 Å². The molecule has 1 heterocycles. The number of benzene rings is 1. The van der Waals surface area contributed by atoms with Crippen molar-refractivity contribution in [2.24, 2.45) is 0 Å². The van der Waals surface area contributed by atoms with Crippen molar-refractivity contribution < 1.29 is 14.9 Å². The molecule has 0 saturated heterocycles. The Bertz CT molecular complexity index is 575. The molecule has 19 heavy (non-hydrogen) atoms. The molecule has 3 nitrogen and oxygen atoms in total. The molecule has 0 saturated carbocycles. The second kappa shape index (κ2) is 6.95. The lowest BCUT2D eigenvalue weighted by molar-refractivity contribution is 0.281. The fraction of sp³-hybridized carbons (Fsp3) is 0.200. The maximum Gasteiger partial charge on any atom is 0.122 e. The van der Waals surface area contributed by atoms with Crippen LogP contribution >= 0.6 is 11.3 Å². The zero-order valence-corrected chi connectivity index (χ0v) is 11.1. The Morgan fingerprint density at radius 3 is 2.63 bits per heavy atom. The first-order valence-electron chi connectivity index (χ1n) is 5.81. The van der Waals surface area contributed by atoms with Crippen molar-refractivity contribution in [1.29, 1.82) is 0 Å². The molecule has 0 bridgehead atoms. The maximum absolute atomic E-state index is 8.94. The van der Waals surface area contributed by atoms with Crippen molar-refractivity contribution in [2.45, 2.75) is 13.2 Å². The van der Waals surface area contributed by atoms with Crippen LogP contribution in [0.1, 0.15) is 16.0 Å². The van der Waals surface area contributed by atoms with E-state index in [1.807, 2.05) is 35.7 Å². The molecule has 0 atom stereocenters. The Kier molecular flexibility index (Phi) is 4.99. The molecule has 0 unspecified atom stereocenters. The lowest BCUT2D eigenvalue weighted by atomic mass is 10.2. The quantitative estimate of drug-likeness (QED) is 0.840. The zero-order valence-electron chi connectivity index (χ0n) is 10.3. The summed E-state index contributed by atoms with van der Waals surface area (Å²) in [5.41, 5.74) is 1.76. The average Bonchev–Trinajstić information content (AvgIpc) is 2.91. The molecule has 0 aliphatic rings. The van der Waals surface area contributed by atoms with E-state index in [9.17, 15) is 0 Å². The van der Waals surface area contributed by atoms with E-state index in [0.717, 1.165) is 21.8 Å². The Balaban J connectivity index is 1.92. The molecule has 1 aromatic carbocycles. The standard InChI is InChI=1S/C15H14O3S/c16-7-1-2-13-8-15(19-11-13)10-18-14-5-3-12(9-17)4-6-14/h3-6,8,11,16-17H,7,9-10H2. The first kappa shape index (κ1) is 13.6. The predicted octanol–water partition coefficient (Wildman–Crippen LogP) is 2.16. The van der Waals surface area contributed by atoms with Gasteiger partial charge in [-0.3, -0.25) is 0 Å². The lowest BCUT2D eigenvalue weighted by Crippen LogP contribution is -1.93. The van der Waals surface area contributed by atoms with Crippen LogP contribution in [0.4, 0.5) is 0 Å². The number of aliphatic hydroxyl groups is 2. The highest BCUT2D eigenvalue weighted by Gasteiger charge is 2.00. The third-order valence-electron chi connectivity index (χ3n) is 2.45. The molecular formula is C15H14O3S. The van der Waals surface area contributed by atoms with E-state index < -0.39 is 0 Å². The van der Waals surface area contributed by atoms with Crippen LogP contribution in [0.3, 0.4) is 0 Å². The third kappa shape index (κ3) is 4.11. The van der Waals surface area contributed by atoms with E-state index in [0.29, 0.717) is 6.61 Å². The van der Waals surface area contributed by atoms with Crippen LogP contribution in [-0.2, 0) is 13.2 Å². The summed E-state index contributed by atoms with van der Waals surface area (Å²) in [7, 11) is 0. The summed E-state index contributed by atoms with van der Waals surface area (Å²) in [5.74, 6) is 6.24. The van der Waals surface area contributed by atoms with Crippen molar-refractivity contribution in [3.05, 3.63) is 51.7 Å². The van der Waals surface area contributed by atoms with E-state index in [-0.39, 0.29) is 13.2 Å². The minimum absolute atomic E-state index is 0.0398. The van der Waals surface area contributed by atoms with Gasteiger partial charge in [0.15, 0.2) is 0 Å². The van der Waals surface area contributed by atoms with Crippen molar-refractivity contribution in [1.82, 2.24) is 0 Å². The van der Waals surface area contributed by atoms with Crippen LogP contribution in [0.15, 0.2) is 35.7 Å². The van der Waals surface area contributed by atoms with Gasteiger partial charge >= 0.3 is 0 Å². The Labute approximate surface area is 116 Å². The summed E-state index contributed by atoms with van der Waals surface area (Å²) in [4.78, 5) is 1.08.